The van der Waals surface area contributed by atoms with E-state index in [2.05, 4.69) is 24.1 Å². The van der Waals surface area contributed by atoms with Crippen molar-refractivity contribution >= 4 is 21.6 Å². The maximum atomic E-state index is 13.2. The number of hydrogen-bond donors (Lipinski definition) is 1. The highest BCUT2D eigenvalue weighted by Gasteiger charge is 2.25. The largest absolute Gasteiger partial charge is 0.496 e. The van der Waals surface area contributed by atoms with Crippen molar-refractivity contribution in [1.29, 1.82) is 0 Å². The normalized spacial score (nSPS) is 16.3. The lowest BCUT2D eigenvalue weighted by atomic mass is 9.93. The van der Waals surface area contributed by atoms with Gasteiger partial charge >= 0.3 is 0 Å². The number of para-hydroxylation sites is 1. The maximum Gasteiger partial charge on any atom is 0.262 e. The number of ether oxygens (including phenoxy) is 1. The van der Waals surface area contributed by atoms with E-state index in [1.807, 2.05) is 24.3 Å². The molecule has 1 atom stereocenters. The molecule has 0 spiro atoms. The summed E-state index contributed by atoms with van der Waals surface area (Å²) in [6.07, 6.45) is 5.49. The van der Waals surface area contributed by atoms with Crippen LogP contribution >= 0.6 is 11.3 Å². The average molecular weight is 412 g/mol. The molecule has 29 heavy (non-hydrogen) atoms. The highest BCUT2D eigenvalue weighted by molar-refractivity contribution is 7.18. The molecule has 2 aromatic heterocycles. The van der Waals surface area contributed by atoms with E-state index >= 15 is 0 Å². The molecule has 0 saturated carbocycles. The molecule has 0 radical (unpaired) electrons. The monoisotopic (exact) mass is 411 g/mol. The number of thiophene rings is 1. The molecular formula is C23H29N3O2S. The molecule has 1 aliphatic rings. The van der Waals surface area contributed by atoms with Gasteiger partial charge in [-0.2, -0.15) is 0 Å². The van der Waals surface area contributed by atoms with Crippen LogP contribution in [0.3, 0.4) is 0 Å². The van der Waals surface area contributed by atoms with Crippen molar-refractivity contribution in [3.8, 4) is 5.75 Å². The van der Waals surface area contributed by atoms with Gasteiger partial charge in [-0.05, 0) is 55.3 Å². The molecule has 3 aromatic rings. The van der Waals surface area contributed by atoms with E-state index in [0.29, 0.717) is 18.5 Å². The van der Waals surface area contributed by atoms with Crippen LogP contribution in [-0.2, 0) is 25.8 Å². The Kier molecular flexibility index (Phi) is 6.01. The van der Waals surface area contributed by atoms with Crippen molar-refractivity contribution in [3.63, 3.8) is 0 Å². The molecule has 1 aromatic carbocycles. The van der Waals surface area contributed by atoms with Crippen molar-refractivity contribution in [2.45, 2.75) is 52.1 Å². The Morgan fingerprint density at radius 2 is 2.17 bits per heavy atom. The van der Waals surface area contributed by atoms with Gasteiger partial charge in [0.05, 0.1) is 18.8 Å². The summed E-state index contributed by atoms with van der Waals surface area (Å²) >= 11 is 1.70. The Morgan fingerprint density at radius 1 is 1.34 bits per heavy atom. The molecule has 5 nitrogen and oxygen atoms in total. The SMILES string of the molecule is COc1ccccc1CCn1cnc2sc3c(c2c1=O)CCC(NCC(C)C)C3. The zero-order chi connectivity index (χ0) is 20.4. The lowest BCUT2D eigenvalue weighted by molar-refractivity contribution is 0.408. The zero-order valence-corrected chi connectivity index (χ0v) is 18.2. The number of benzene rings is 1. The van der Waals surface area contributed by atoms with E-state index in [9.17, 15) is 4.79 Å². The van der Waals surface area contributed by atoms with Crippen molar-refractivity contribution < 1.29 is 4.74 Å². The summed E-state index contributed by atoms with van der Waals surface area (Å²) in [7, 11) is 1.68. The van der Waals surface area contributed by atoms with Crippen LogP contribution in [0.5, 0.6) is 5.75 Å². The second-order valence-electron chi connectivity index (χ2n) is 8.23. The summed E-state index contributed by atoms with van der Waals surface area (Å²) in [6.45, 7) is 6.11. The predicted octanol–water partition coefficient (Wildman–Crippen LogP) is 3.81. The van der Waals surface area contributed by atoms with Crippen LogP contribution in [0, 0.1) is 5.92 Å². The number of aromatic nitrogens is 2. The molecule has 1 unspecified atom stereocenters. The first kappa shape index (κ1) is 20.1. The van der Waals surface area contributed by atoms with Crippen LogP contribution in [0.25, 0.3) is 10.2 Å². The van der Waals surface area contributed by atoms with Crippen molar-refractivity contribution in [2.75, 3.05) is 13.7 Å². The Labute approximate surface area is 175 Å². The highest BCUT2D eigenvalue weighted by atomic mass is 32.1. The molecule has 0 fully saturated rings. The van der Waals surface area contributed by atoms with Gasteiger partial charge in [0, 0.05) is 17.5 Å². The van der Waals surface area contributed by atoms with Crippen LogP contribution < -0.4 is 15.6 Å². The van der Waals surface area contributed by atoms with Crippen molar-refractivity contribution in [2.24, 2.45) is 5.92 Å². The fraction of sp³-hybridized carbons (Fsp3) is 0.478. The van der Waals surface area contributed by atoms with E-state index in [1.54, 1.807) is 29.3 Å². The third-order valence-electron chi connectivity index (χ3n) is 5.67. The molecule has 0 aliphatic heterocycles. The Bertz CT molecular complexity index is 1050. The molecule has 1 N–H and O–H groups in total. The number of methoxy groups -OCH3 is 1. The van der Waals surface area contributed by atoms with Gasteiger partial charge in [-0.15, -0.1) is 11.3 Å². The first-order valence-corrected chi connectivity index (χ1v) is 11.2. The van der Waals surface area contributed by atoms with E-state index < -0.39 is 0 Å². The molecule has 6 heteroatoms. The molecule has 154 valence electrons. The number of nitrogens with zero attached hydrogens (tertiary/aromatic N) is 2. The highest BCUT2D eigenvalue weighted by Crippen LogP contribution is 2.33. The quantitative estimate of drug-likeness (QED) is 0.642. The minimum Gasteiger partial charge on any atom is -0.496 e. The van der Waals surface area contributed by atoms with Gasteiger partial charge in [0.25, 0.3) is 5.56 Å². The summed E-state index contributed by atoms with van der Waals surface area (Å²) in [6, 6.07) is 8.47. The van der Waals surface area contributed by atoms with Crippen molar-refractivity contribution in [1.82, 2.24) is 14.9 Å². The van der Waals surface area contributed by atoms with Gasteiger partial charge in [0.1, 0.15) is 10.6 Å². The van der Waals surface area contributed by atoms with Crippen LogP contribution in [0.4, 0.5) is 0 Å². The van der Waals surface area contributed by atoms with Crippen LogP contribution in [0.1, 0.15) is 36.3 Å². The maximum absolute atomic E-state index is 13.2. The number of hydrogen-bond acceptors (Lipinski definition) is 5. The topological polar surface area (TPSA) is 56.2 Å². The number of fused-ring (bicyclic) bond motifs is 3. The van der Waals surface area contributed by atoms with Gasteiger partial charge in [0.2, 0.25) is 0 Å². The number of nitrogens with one attached hydrogen (secondary N) is 1. The standard InChI is InChI=1S/C23H29N3O2S/c1-15(2)13-24-17-8-9-18-20(12-17)29-22-21(18)23(27)26(14-25-22)11-10-16-6-4-5-7-19(16)28-3/h4-7,14-15,17,24H,8-13H2,1-3H3. The molecular weight excluding hydrogens is 382 g/mol. The lowest BCUT2D eigenvalue weighted by Gasteiger charge is -2.24. The summed E-state index contributed by atoms with van der Waals surface area (Å²) in [5.41, 5.74) is 2.43. The molecule has 0 saturated heterocycles. The molecule has 4 rings (SSSR count). The zero-order valence-electron chi connectivity index (χ0n) is 17.4. The first-order valence-electron chi connectivity index (χ1n) is 10.4. The van der Waals surface area contributed by atoms with Gasteiger partial charge in [-0.1, -0.05) is 32.0 Å². The molecule has 1 aliphatic carbocycles. The van der Waals surface area contributed by atoms with Gasteiger partial charge in [-0.3, -0.25) is 9.36 Å². The third-order valence-corrected chi connectivity index (χ3v) is 6.83. The first-order chi connectivity index (χ1) is 14.1. The fourth-order valence-corrected chi connectivity index (χ4v) is 5.35. The Balaban J connectivity index is 1.56. The summed E-state index contributed by atoms with van der Waals surface area (Å²) < 4.78 is 7.19. The van der Waals surface area contributed by atoms with E-state index in [1.165, 1.54) is 10.4 Å². The number of aryl methyl sites for hydroxylation is 3. The van der Waals surface area contributed by atoms with Gasteiger partial charge < -0.3 is 10.1 Å². The third kappa shape index (κ3) is 4.23. The molecule has 0 bridgehead atoms. The summed E-state index contributed by atoms with van der Waals surface area (Å²) in [4.78, 5) is 20.1. The molecule has 2 heterocycles. The van der Waals surface area contributed by atoms with Crippen molar-refractivity contribution in [3.05, 3.63) is 57.0 Å². The van der Waals surface area contributed by atoms with E-state index in [-0.39, 0.29) is 5.56 Å². The fourth-order valence-electron chi connectivity index (χ4n) is 4.09. The van der Waals surface area contributed by atoms with E-state index in [4.69, 9.17) is 4.74 Å². The summed E-state index contributed by atoms with van der Waals surface area (Å²) in [5.74, 6) is 1.51. The Morgan fingerprint density at radius 3 is 2.97 bits per heavy atom. The van der Waals surface area contributed by atoms with Gasteiger partial charge in [0.15, 0.2) is 0 Å². The number of rotatable bonds is 7. The summed E-state index contributed by atoms with van der Waals surface area (Å²) in [5, 5.41) is 4.52. The van der Waals surface area contributed by atoms with Crippen LogP contribution in [0.2, 0.25) is 0 Å². The van der Waals surface area contributed by atoms with Crippen LogP contribution in [-0.4, -0.2) is 29.2 Å². The van der Waals surface area contributed by atoms with Gasteiger partial charge in [-0.25, -0.2) is 4.98 Å². The molecule has 0 amide bonds. The average Bonchev–Trinajstić information content (AvgIpc) is 3.10. The van der Waals surface area contributed by atoms with Crippen LogP contribution in [0.15, 0.2) is 35.4 Å². The smallest absolute Gasteiger partial charge is 0.262 e. The lowest BCUT2D eigenvalue weighted by Crippen LogP contribution is -2.36. The Hall–Kier alpha value is -2.18. The second kappa shape index (κ2) is 8.67. The van der Waals surface area contributed by atoms with E-state index in [0.717, 1.165) is 53.8 Å². The predicted molar refractivity (Wildman–Crippen MR) is 119 cm³/mol. The minimum absolute atomic E-state index is 0.0935. The second-order valence-corrected chi connectivity index (χ2v) is 9.31. The minimum atomic E-state index is 0.0935.